The standard InChI is InChI=1S/C16H18O2/c1-3-11-7-5-6-8-13(11)16-12(4-2)14(17)9-10-15(16)18/h5-10,17-18H,3-4H2,1-2H3. The lowest BCUT2D eigenvalue weighted by molar-refractivity contribution is 0.456. The summed E-state index contributed by atoms with van der Waals surface area (Å²) in [4.78, 5) is 0. The first kappa shape index (κ1) is 12.5. The fraction of sp³-hybridized carbons (Fsp3) is 0.250. The van der Waals surface area contributed by atoms with Crippen LogP contribution in [0.5, 0.6) is 11.5 Å². The molecule has 0 saturated carbocycles. The van der Waals surface area contributed by atoms with Gasteiger partial charge in [-0.1, -0.05) is 38.1 Å². The number of aromatic hydroxyl groups is 2. The molecule has 94 valence electrons. The molecule has 0 spiro atoms. The SMILES string of the molecule is CCc1ccccc1-c1c(O)ccc(O)c1CC. The van der Waals surface area contributed by atoms with Gasteiger partial charge >= 0.3 is 0 Å². The van der Waals surface area contributed by atoms with E-state index >= 15 is 0 Å². The maximum absolute atomic E-state index is 10.1. The second kappa shape index (κ2) is 5.13. The van der Waals surface area contributed by atoms with Crippen molar-refractivity contribution in [3.8, 4) is 22.6 Å². The summed E-state index contributed by atoms with van der Waals surface area (Å²) in [5, 5.41) is 20.0. The van der Waals surface area contributed by atoms with Gasteiger partial charge in [0.15, 0.2) is 0 Å². The van der Waals surface area contributed by atoms with E-state index in [9.17, 15) is 10.2 Å². The minimum absolute atomic E-state index is 0.227. The van der Waals surface area contributed by atoms with E-state index in [4.69, 9.17) is 0 Å². The molecule has 0 bridgehead atoms. The molecule has 18 heavy (non-hydrogen) atoms. The average molecular weight is 242 g/mol. The molecule has 2 N–H and O–H groups in total. The largest absolute Gasteiger partial charge is 0.508 e. The van der Waals surface area contributed by atoms with Crippen molar-refractivity contribution in [1.82, 2.24) is 0 Å². The lowest BCUT2D eigenvalue weighted by Crippen LogP contribution is -1.93. The molecule has 0 unspecified atom stereocenters. The van der Waals surface area contributed by atoms with Gasteiger partial charge in [0, 0.05) is 11.1 Å². The summed E-state index contributed by atoms with van der Waals surface area (Å²) in [6, 6.07) is 11.1. The Bertz CT molecular complexity index is 559. The Labute approximate surface area is 108 Å². The molecule has 0 aliphatic rings. The van der Waals surface area contributed by atoms with Crippen LogP contribution < -0.4 is 0 Å². The summed E-state index contributed by atoms with van der Waals surface area (Å²) >= 11 is 0. The van der Waals surface area contributed by atoms with Crippen LogP contribution in [0.2, 0.25) is 0 Å². The van der Waals surface area contributed by atoms with Crippen LogP contribution in [0.1, 0.15) is 25.0 Å². The van der Waals surface area contributed by atoms with Gasteiger partial charge in [0.25, 0.3) is 0 Å². The summed E-state index contributed by atoms with van der Waals surface area (Å²) in [6.07, 6.45) is 1.59. The van der Waals surface area contributed by atoms with E-state index in [-0.39, 0.29) is 11.5 Å². The lowest BCUT2D eigenvalue weighted by Gasteiger charge is -2.15. The fourth-order valence-corrected chi connectivity index (χ4v) is 2.36. The lowest BCUT2D eigenvalue weighted by atomic mass is 9.92. The molecule has 2 heteroatoms. The topological polar surface area (TPSA) is 40.5 Å². The first-order chi connectivity index (χ1) is 8.69. The number of rotatable bonds is 3. The first-order valence-electron chi connectivity index (χ1n) is 6.31. The van der Waals surface area contributed by atoms with E-state index in [2.05, 4.69) is 13.0 Å². The van der Waals surface area contributed by atoms with Gasteiger partial charge in [-0.15, -0.1) is 0 Å². The second-order valence-electron chi connectivity index (χ2n) is 4.32. The number of phenols is 2. The summed E-state index contributed by atoms with van der Waals surface area (Å²) < 4.78 is 0. The number of benzene rings is 2. The van der Waals surface area contributed by atoms with Crippen molar-refractivity contribution >= 4 is 0 Å². The predicted molar refractivity (Wildman–Crippen MR) is 74.0 cm³/mol. The Hall–Kier alpha value is -1.96. The van der Waals surface area contributed by atoms with E-state index in [1.807, 2.05) is 25.1 Å². The normalized spacial score (nSPS) is 10.6. The van der Waals surface area contributed by atoms with Gasteiger partial charge in [0.2, 0.25) is 0 Å². The van der Waals surface area contributed by atoms with Gasteiger partial charge < -0.3 is 10.2 Å². The Morgan fingerprint density at radius 2 is 1.50 bits per heavy atom. The van der Waals surface area contributed by atoms with E-state index in [0.29, 0.717) is 6.42 Å². The maximum atomic E-state index is 10.1. The van der Waals surface area contributed by atoms with Crippen molar-refractivity contribution in [2.45, 2.75) is 26.7 Å². The molecule has 2 rings (SSSR count). The number of hydrogen-bond acceptors (Lipinski definition) is 2. The van der Waals surface area contributed by atoms with Gasteiger partial charge in [-0.05, 0) is 36.1 Å². The fourth-order valence-electron chi connectivity index (χ4n) is 2.36. The van der Waals surface area contributed by atoms with E-state index in [1.165, 1.54) is 5.56 Å². The first-order valence-corrected chi connectivity index (χ1v) is 6.31. The highest BCUT2D eigenvalue weighted by molar-refractivity contribution is 5.78. The molecule has 2 aromatic rings. The van der Waals surface area contributed by atoms with Crippen molar-refractivity contribution < 1.29 is 10.2 Å². The van der Waals surface area contributed by atoms with Gasteiger partial charge in [0.05, 0.1) is 0 Å². The van der Waals surface area contributed by atoms with Crippen molar-refractivity contribution in [1.29, 1.82) is 0 Å². The van der Waals surface area contributed by atoms with Crippen LogP contribution in [-0.2, 0) is 12.8 Å². The van der Waals surface area contributed by atoms with Crippen LogP contribution in [0.15, 0.2) is 36.4 Å². The summed E-state index contributed by atoms with van der Waals surface area (Å²) in [7, 11) is 0. The Kier molecular flexibility index (Phi) is 3.56. The van der Waals surface area contributed by atoms with Crippen molar-refractivity contribution in [2.24, 2.45) is 0 Å². The molecular weight excluding hydrogens is 224 g/mol. The molecule has 0 radical (unpaired) electrons. The third-order valence-corrected chi connectivity index (χ3v) is 3.29. The zero-order chi connectivity index (χ0) is 13.1. The highest BCUT2D eigenvalue weighted by Crippen LogP contribution is 2.39. The second-order valence-corrected chi connectivity index (χ2v) is 4.32. The van der Waals surface area contributed by atoms with Crippen LogP contribution in [-0.4, -0.2) is 10.2 Å². The van der Waals surface area contributed by atoms with Crippen LogP contribution in [0.25, 0.3) is 11.1 Å². The molecule has 0 fully saturated rings. The monoisotopic (exact) mass is 242 g/mol. The number of hydrogen-bond donors (Lipinski definition) is 2. The molecule has 0 atom stereocenters. The quantitative estimate of drug-likeness (QED) is 0.802. The molecule has 2 nitrogen and oxygen atoms in total. The molecule has 0 heterocycles. The maximum Gasteiger partial charge on any atom is 0.123 e. The zero-order valence-corrected chi connectivity index (χ0v) is 10.8. The molecule has 0 aromatic heterocycles. The number of aryl methyl sites for hydroxylation is 1. The highest BCUT2D eigenvalue weighted by Gasteiger charge is 2.15. The van der Waals surface area contributed by atoms with E-state index in [0.717, 1.165) is 23.1 Å². The van der Waals surface area contributed by atoms with Crippen LogP contribution in [0, 0.1) is 0 Å². The van der Waals surface area contributed by atoms with Crippen LogP contribution in [0.4, 0.5) is 0 Å². The summed E-state index contributed by atoms with van der Waals surface area (Å²) in [5.41, 5.74) is 3.74. The average Bonchev–Trinajstić information content (AvgIpc) is 2.41. The van der Waals surface area contributed by atoms with Crippen molar-refractivity contribution in [3.05, 3.63) is 47.5 Å². The molecule has 0 saturated heterocycles. The summed E-state index contributed by atoms with van der Waals surface area (Å²) in [5.74, 6) is 0.474. The van der Waals surface area contributed by atoms with E-state index in [1.54, 1.807) is 12.1 Å². The van der Waals surface area contributed by atoms with Gasteiger partial charge in [-0.25, -0.2) is 0 Å². The Balaban J connectivity index is 2.74. The zero-order valence-electron chi connectivity index (χ0n) is 10.8. The van der Waals surface area contributed by atoms with Gasteiger partial charge in [-0.2, -0.15) is 0 Å². The van der Waals surface area contributed by atoms with Gasteiger partial charge in [-0.3, -0.25) is 0 Å². The predicted octanol–water partition coefficient (Wildman–Crippen LogP) is 3.89. The molecule has 0 aliphatic heterocycles. The van der Waals surface area contributed by atoms with Gasteiger partial charge in [0.1, 0.15) is 11.5 Å². The highest BCUT2D eigenvalue weighted by atomic mass is 16.3. The minimum atomic E-state index is 0.227. The molecule has 0 aliphatic carbocycles. The summed E-state index contributed by atoms with van der Waals surface area (Å²) in [6.45, 7) is 4.07. The van der Waals surface area contributed by atoms with Crippen LogP contribution >= 0.6 is 0 Å². The third-order valence-electron chi connectivity index (χ3n) is 3.29. The Morgan fingerprint density at radius 1 is 0.833 bits per heavy atom. The molecule has 2 aromatic carbocycles. The molecular formula is C16H18O2. The molecule has 0 amide bonds. The van der Waals surface area contributed by atoms with Crippen molar-refractivity contribution in [2.75, 3.05) is 0 Å². The number of phenolic OH excluding ortho intramolecular Hbond substituents is 2. The minimum Gasteiger partial charge on any atom is -0.508 e. The van der Waals surface area contributed by atoms with Crippen molar-refractivity contribution in [3.63, 3.8) is 0 Å². The smallest absolute Gasteiger partial charge is 0.123 e. The van der Waals surface area contributed by atoms with E-state index < -0.39 is 0 Å². The Morgan fingerprint density at radius 3 is 2.17 bits per heavy atom. The third kappa shape index (κ3) is 2.06. The van der Waals surface area contributed by atoms with Crippen LogP contribution in [0.3, 0.4) is 0 Å².